The number of hydrogen-bond acceptors (Lipinski definition) is 5. The third-order valence-corrected chi connectivity index (χ3v) is 4.06. The Balaban J connectivity index is 1.85. The number of carbonyl (C=O) groups is 1. The molecule has 1 aliphatic heterocycles. The van der Waals surface area contributed by atoms with Gasteiger partial charge in [0, 0.05) is 23.5 Å². The van der Waals surface area contributed by atoms with Gasteiger partial charge in [-0.15, -0.1) is 0 Å². The van der Waals surface area contributed by atoms with Crippen molar-refractivity contribution in [1.82, 2.24) is 4.98 Å². The third kappa shape index (κ3) is 1.94. The van der Waals surface area contributed by atoms with Gasteiger partial charge in [-0.25, -0.2) is 4.79 Å². The molecule has 2 heterocycles. The van der Waals surface area contributed by atoms with Crippen LogP contribution in [0.25, 0.3) is 0 Å². The molecule has 106 valence electrons. The first-order valence-electron chi connectivity index (χ1n) is 6.88. The highest BCUT2D eigenvalue weighted by Gasteiger charge is 2.47. The second-order valence-electron chi connectivity index (χ2n) is 5.15. The Kier molecular flexibility index (Phi) is 3.12. The molecule has 3 rings (SSSR count). The molecule has 1 aromatic heterocycles. The van der Waals surface area contributed by atoms with Crippen LogP contribution >= 0.6 is 0 Å². The Morgan fingerprint density at radius 1 is 1.50 bits per heavy atom. The molecule has 1 saturated carbocycles. The van der Waals surface area contributed by atoms with Gasteiger partial charge in [0.1, 0.15) is 5.60 Å². The first kappa shape index (κ1) is 13.0. The lowest BCUT2D eigenvalue weighted by atomic mass is 9.78. The van der Waals surface area contributed by atoms with Crippen LogP contribution in [-0.2, 0) is 15.1 Å². The Bertz CT molecular complexity index is 569. The van der Waals surface area contributed by atoms with E-state index in [4.69, 9.17) is 9.47 Å². The average molecular weight is 275 g/mol. The Morgan fingerprint density at radius 2 is 2.25 bits per heavy atom. The maximum Gasteiger partial charge on any atom is 0.339 e. The number of allylic oxidation sites excluding steroid dienone is 1. The number of carbonyl (C=O) groups excluding carboxylic acids is 1. The summed E-state index contributed by atoms with van der Waals surface area (Å²) in [5, 5.41) is 9.79. The second kappa shape index (κ2) is 4.81. The minimum absolute atomic E-state index is 0.0260. The van der Waals surface area contributed by atoms with E-state index in [2.05, 4.69) is 4.98 Å². The van der Waals surface area contributed by atoms with E-state index in [0.717, 1.165) is 11.1 Å². The lowest BCUT2D eigenvalue weighted by Crippen LogP contribution is -2.30. The minimum Gasteiger partial charge on any atom is -0.481 e. The van der Waals surface area contributed by atoms with Gasteiger partial charge >= 0.3 is 5.97 Å². The number of aromatic nitrogens is 1. The van der Waals surface area contributed by atoms with E-state index in [1.54, 1.807) is 18.5 Å². The largest absolute Gasteiger partial charge is 0.481 e. The first-order valence-corrected chi connectivity index (χ1v) is 6.88. The number of aliphatic hydroxyl groups is 1. The monoisotopic (exact) mass is 275 g/mol. The number of fused-ring (bicyclic) bond motifs is 2. The van der Waals surface area contributed by atoms with Gasteiger partial charge < -0.3 is 14.6 Å². The summed E-state index contributed by atoms with van der Waals surface area (Å²) in [6.45, 7) is 2.28. The smallest absolute Gasteiger partial charge is 0.339 e. The molecule has 1 fully saturated rings. The summed E-state index contributed by atoms with van der Waals surface area (Å²) in [4.78, 5) is 16.0. The van der Waals surface area contributed by atoms with Crippen molar-refractivity contribution in [2.24, 2.45) is 0 Å². The molecule has 1 aromatic rings. The summed E-state index contributed by atoms with van der Waals surface area (Å²) in [6, 6.07) is 1.70. The van der Waals surface area contributed by atoms with E-state index >= 15 is 0 Å². The van der Waals surface area contributed by atoms with Crippen molar-refractivity contribution in [3.63, 3.8) is 0 Å². The van der Waals surface area contributed by atoms with Crippen LogP contribution in [0.1, 0.15) is 48.5 Å². The molecule has 2 aliphatic rings. The molecule has 0 radical (unpaired) electrons. The fourth-order valence-electron chi connectivity index (χ4n) is 3.00. The molecular weight excluding hydrogens is 258 g/mol. The van der Waals surface area contributed by atoms with Gasteiger partial charge in [-0.2, -0.15) is 0 Å². The molecule has 0 atom stereocenters. The summed E-state index contributed by atoms with van der Waals surface area (Å²) in [7, 11) is 0. The maximum absolute atomic E-state index is 11.9. The molecule has 20 heavy (non-hydrogen) atoms. The van der Waals surface area contributed by atoms with Gasteiger partial charge in [-0.1, -0.05) is 0 Å². The standard InChI is InChI=1S/C15H17NO4/c1-2-19-13(17)10-3-6-15(7-4-10)12-9-16-8-5-11(12)14(18)20-15/h5,8-9,17H,2-4,6-7H2,1H3. The number of pyridine rings is 1. The number of hydrogen-bond donors (Lipinski definition) is 1. The topological polar surface area (TPSA) is 68.7 Å². The summed E-state index contributed by atoms with van der Waals surface area (Å²) in [6.07, 6.45) is 5.96. The van der Waals surface area contributed by atoms with Crippen LogP contribution in [0.3, 0.4) is 0 Å². The minimum atomic E-state index is -0.573. The lowest BCUT2D eigenvalue weighted by molar-refractivity contribution is -0.0244. The van der Waals surface area contributed by atoms with E-state index in [9.17, 15) is 9.90 Å². The number of rotatable bonds is 2. The van der Waals surface area contributed by atoms with Crippen molar-refractivity contribution in [1.29, 1.82) is 0 Å². The Morgan fingerprint density at radius 3 is 2.95 bits per heavy atom. The molecule has 5 heteroatoms. The molecular formula is C15H17NO4. The highest BCUT2D eigenvalue weighted by atomic mass is 16.6. The predicted molar refractivity (Wildman–Crippen MR) is 71.1 cm³/mol. The Hall–Kier alpha value is -2.04. The van der Waals surface area contributed by atoms with Crippen LogP contribution in [0.5, 0.6) is 0 Å². The van der Waals surface area contributed by atoms with Gasteiger partial charge in [0.15, 0.2) is 0 Å². The summed E-state index contributed by atoms with van der Waals surface area (Å²) in [5.74, 6) is -0.248. The van der Waals surface area contributed by atoms with Crippen molar-refractivity contribution in [3.8, 4) is 0 Å². The molecule has 0 unspecified atom stereocenters. The molecule has 1 N–H and O–H groups in total. The molecule has 5 nitrogen and oxygen atoms in total. The normalized spacial score (nSPS) is 24.4. The fraction of sp³-hybridized carbons (Fsp3) is 0.467. The average Bonchev–Trinajstić information content (AvgIpc) is 2.74. The number of ether oxygens (including phenoxy) is 2. The zero-order valence-corrected chi connectivity index (χ0v) is 11.4. The zero-order valence-electron chi connectivity index (χ0n) is 11.4. The van der Waals surface area contributed by atoms with Gasteiger partial charge in [0.2, 0.25) is 0 Å². The fourth-order valence-corrected chi connectivity index (χ4v) is 3.00. The van der Waals surface area contributed by atoms with Crippen LogP contribution in [0, 0.1) is 0 Å². The lowest BCUT2D eigenvalue weighted by Gasteiger charge is -2.33. The van der Waals surface area contributed by atoms with E-state index in [1.165, 1.54) is 0 Å². The predicted octanol–water partition coefficient (Wildman–Crippen LogP) is 2.83. The number of nitrogens with zero attached hydrogens (tertiary/aromatic N) is 1. The summed E-state index contributed by atoms with van der Waals surface area (Å²) >= 11 is 0. The second-order valence-corrected chi connectivity index (χ2v) is 5.15. The zero-order chi connectivity index (χ0) is 14.2. The van der Waals surface area contributed by atoms with E-state index < -0.39 is 5.60 Å². The Labute approximate surface area is 117 Å². The van der Waals surface area contributed by atoms with Crippen LogP contribution in [0.15, 0.2) is 30.0 Å². The molecule has 0 saturated heterocycles. The van der Waals surface area contributed by atoms with Gasteiger partial charge in [0.25, 0.3) is 5.95 Å². The van der Waals surface area contributed by atoms with Crippen LogP contribution in [-0.4, -0.2) is 22.7 Å². The quantitative estimate of drug-likeness (QED) is 0.664. The maximum atomic E-state index is 11.9. The van der Waals surface area contributed by atoms with Gasteiger partial charge in [0.05, 0.1) is 12.2 Å². The van der Waals surface area contributed by atoms with Crippen molar-refractivity contribution in [2.75, 3.05) is 6.61 Å². The molecule has 0 bridgehead atoms. The van der Waals surface area contributed by atoms with E-state index in [0.29, 0.717) is 37.9 Å². The molecule has 1 aliphatic carbocycles. The van der Waals surface area contributed by atoms with Crippen LogP contribution in [0.4, 0.5) is 0 Å². The first-order chi connectivity index (χ1) is 9.66. The van der Waals surface area contributed by atoms with E-state index in [1.807, 2.05) is 6.92 Å². The SMILES string of the molecule is CCOC(O)=C1CCC2(CC1)OC(=O)c1ccncc12. The summed E-state index contributed by atoms with van der Waals surface area (Å²) in [5.41, 5.74) is 1.81. The molecule has 0 aromatic carbocycles. The van der Waals surface area contributed by atoms with Gasteiger partial charge in [-0.3, -0.25) is 4.98 Å². The van der Waals surface area contributed by atoms with Crippen molar-refractivity contribution in [3.05, 3.63) is 41.1 Å². The van der Waals surface area contributed by atoms with Gasteiger partial charge in [-0.05, 0) is 38.7 Å². The van der Waals surface area contributed by atoms with Crippen molar-refractivity contribution >= 4 is 5.97 Å². The van der Waals surface area contributed by atoms with Crippen molar-refractivity contribution in [2.45, 2.75) is 38.2 Å². The highest BCUT2D eigenvalue weighted by molar-refractivity contribution is 5.94. The molecule has 1 spiro atoms. The molecule has 0 amide bonds. The highest BCUT2D eigenvalue weighted by Crippen LogP contribution is 2.47. The van der Waals surface area contributed by atoms with Crippen molar-refractivity contribution < 1.29 is 19.4 Å². The number of aliphatic hydroxyl groups excluding tert-OH is 1. The third-order valence-electron chi connectivity index (χ3n) is 4.06. The summed E-state index contributed by atoms with van der Waals surface area (Å²) < 4.78 is 10.8. The van der Waals surface area contributed by atoms with Crippen LogP contribution < -0.4 is 0 Å². The van der Waals surface area contributed by atoms with Crippen LogP contribution in [0.2, 0.25) is 0 Å². The number of esters is 1. The van der Waals surface area contributed by atoms with E-state index in [-0.39, 0.29) is 11.9 Å².